The van der Waals surface area contributed by atoms with Crippen LogP contribution in [0.5, 0.6) is 0 Å². The first-order valence-electron chi connectivity index (χ1n) is 8.46. The molecule has 1 aliphatic heterocycles. The summed E-state index contributed by atoms with van der Waals surface area (Å²) in [4.78, 5) is 2.77. The molecular weight excluding hydrogens is 324 g/mol. The van der Waals surface area contributed by atoms with E-state index in [-0.39, 0.29) is 0 Å². The van der Waals surface area contributed by atoms with Crippen molar-refractivity contribution in [3.05, 3.63) is 34.3 Å². The molecule has 1 N–H and O–H groups in total. The van der Waals surface area contributed by atoms with Crippen molar-refractivity contribution in [1.82, 2.24) is 10.2 Å². The van der Waals surface area contributed by atoms with E-state index in [1.807, 2.05) is 0 Å². The first kappa shape index (κ1) is 15.5. The molecule has 3 rings (SSSR count). The maximum Gasteiger partial charge on any atom is 0.0195 e. The zero-order valence-electron chi connectivity index (χ0n) is 13.0. The van der Waals surface area contributed by atoms with Crippen LogP contribution < -0.4 is 5.32 Å². The standard InChI is InChI=1S/C18H27BrN2/c1-14(12-15-5-7-16(19)8-6-15)21(18-9-10-18)13-17-4-2-3-11-20-17/h5-8,14,17-18,20H,2-4,9-13H2,1H3. The Labute approximate surface area is 137 Å². The lowest BCUT2D eigenvalue weighted by molar-refractivity contribution is 0.165. The fraction of sp³-hybridized carbons (Fsp3) is 0.667. The van der Waals surface area contributed by atoms with Crippen molar-refractivity contribution in [2.45, 2.75) is 63.6 Å². The fourth-order valence-corrected chi connectivity index (χ4v) is 3.77. The van der Waals surface area contributed by atoms with E-state index in [2.05, 4.69) is 57.3 Å². The molecule has 2 atom stereocenters. The van der Waals surface area contributed by atoms with Gasteiger partial charge in [-0.15, -0.1) is 0 Å². The number of hydrogen-bond acceptors (Lipinski definition) is 2. The van der Waals surface area contributed by atoms with Crippen LogP contribution in [0.25, 0.3) is 0 Å². The molecule has 1 aromatic rings. The molecule has 3 heteroatoms. The molecule has 116 valence electrons. The van der Waals surface area contributed by atoms with Gasteiger partial charge in [0.15, 0.2) is 0 Å². The summed E-state index contributed by atoms with van der Waals surface area (Å²) < 4.78 is 1.17. The lowest BCUT2D eigenvalue weighted by Crippen LogP contribution is -2.48. The average molecular weight is 351 g/mol. The third-order valence-corrected chi connectivity index (χ3v) is 5.40. The van der Waals surface area contributed by atoms with Gasteiger partial charge < -0.3 is 5.32 Å². The molecule has 1 heterocycles. The summed E-state index contributed by atoms with van der Waals surface area (Å²) in [5.41, 5.74) is 1.45. The summed E-state index contributed by atoms with van der Waals surface area (Å²) in [6.45, 7) is 4.86. The molecule has 2 unspecified atom stereocenters. The second-order valence-electron chi connectivity index (χ2n) is 6.75. The van der Waals surface area contributed by atoms with Gasteiger partial charge in [-0.05, 0) is 63.3 Å². The minimum atomic E-state index is 0.641. The molecule has 21 heavy (non-hydrogen) atoms. The Bertz CT molecular complexity index is 435. The summed E-state index contributed by atoms with van der Waals surface area (Å²) in [7, 11) is 0. The molecule has 0 radical (unpaired) electrons. The van der Waals surface area contributed by atoms with Gasteiger partial charge in [0.2, 0.25) is 0 Å². The summed E-state index contributed by atoms with van der Waals surface area (Å²) in [6, 6.07) is 11.0. The van der Waals surface area contributed by atoms with Crippen molar-refractivity contribution in [3.63, 3.8) is 0 Å². The van der Waals surface area contributed by atoms with Gasteiger partial charge in [0.05, 0.1) is 0 Å². The van der Waals surface area contributed by atoms with E-state index in [1.54, 1.807) is 0 Å². The Morgan fingerprint density at radius 1 is 1.19 bits per heavy atom. The Hall–Kier alpha value is -0.380. The normalized spacial score (nSPS) is 24.2. The largest absolute Gasteiger partial charge is 0.313 e. The molecule has 2 nitrogen and oxygen atoms in total. The summed E-state index contributed by atoms with van der Waals surface area (Å²) >= 11 is 3.52. The van der Waals surface area contributed by atoms with Gasteiger partial charge in [0, 0.05) is 29.1 Å². The number of rotatable bonds is 6. The molecule has 0 bridgehead atoms. The summed E-state index contributed by atoms with van der Waals surface area (Å²) in [6.07, 6.45) is 8.07. The van der Waals surface area contributed by atoms with E-state index in [1.165, 1.54) is 55.2 Å². The Balaban J connectivity index is 1.58. The topological polar surface area (TPSA) is 15.3 Å². The Morgan fingerprint density at radius 3 is 2.57 bits per heavy atom. The Kier molecular flexibility index (Phi) is 5.36. The van der Waals surface area contributed by atoms with Crippen LogP contribution >= 0.6 is 15.9 Å². The smallest absolute Gasteiger partial charge is 0.0195 e. The lowest BCUT2D eigenvalue weighted by Gasteiger charge is -2.35. The van der Waals surface area contributed by atoms with E-state index in [0.29, 0.717) is 12.1 Å². The predicted octanol–water partition coefficient (Wildman–Crippen LogP) is 3.99. The van der Waals surface area contributed by atoms with Gasteiger partial charge in [0.25, 0.3) is 0 Å². The van der Waals surface area contributed by atoms with Crippen molar-refractivity contribution in [1.29, 1.82) is 0 Å². The number of halogens is 1. The van der Waals surface area contributed by atoms with E-state index >= 15 is 0 Å². The van der Waals surface area contributed by atoms with Crippen molar-refractivity contribution in [3.8, 4) is 0 Å². The number of nitrogens with one attached hydrogen (secondary N) is 1. The molecule has 1 aliphatic carbocycles. The molecular formula is C18H27BrN2. The third-order valence-electron chi connectivity index (χ3n) is 4.87. The first-order chi connectivity index (χ1) is 10.2. The quantitative estimate of drug-likeness (QED) is 0.834. The lowest BCUT2D eigenvalue weighted by atomic mass is 10.0. The van der Waals surface area contributed by atoms with Gasteiger partial charge in [-0.3, -0.25) is 4.90 Å². The maximum absolute atomic E-state index is 3.71. The molecule has 1 saturated carbocycles. The zero-order valence-corrected chi connectivity index (χ0v) is 14.6. The number of hydrogen-bond donors (Lipinski definition) is 1. The second kappa shape index (κ2) is 7.26. The summed E-state index contributed by atoms with van der Waals surface area (Å²) in [5, 5.41) is 3.71. The van der Waals surface area contributed by atoms with E-state index in [4.69, 9.17) is 0 Å². The highest BCUT2D eigenvalue weighted by Crippen LogP contribution is 2.30. The number of nitrogens with zero attached hydrogens (tertiary/aromatic N) is 1. The highest BCUT2D eigenvalue weighted by Gasteiger charge is 2.33. The molecule has 0 amide bonds. The van der Waals surface area contributed by atoms with Crippen molar-refractivity contribution < 1.29 is 0 Å². The van der Waals surface area contributed by atoms with Crippen molar-refractivity contribution in [2.75, 3.05) is 13.1 Å². The van der Waals surface area contributed by atoms with Crippen molar-refractivity contribution >= 4 is 15.9 Å². The van der Waals surface area contributed by atoms with Crippen LogP contribution in [-0.2, 0) is 6.42 Å². The SMILES string of the molecule is CC(Cc1ccc(Br)cc1)N(CC1CCCCN1)C1CC1. The van der Waals surface area contributed by atoms with Crippen LogP contribution in [0.4, 0.5) is 0 Å². The third kappa shape index (κ3) is 4.54. The van der Waals surface area contributed by atoms with Crippen LogP contribution in [0, 0.1) is 0 Å². The van der Waals surface area contributed by atoms with Gasteiger partial charge in [0.1, 0.15) is 0 Å². The highest BCUT2D eigenvalue weighted by molar-refractivity contribution is 9.10. The first-order valence-corrected chi connectivity index (χ1v) is 9.25. The van der Waals surface area contributed by atoms with Crippen LogP contribution in [0.15, 0.2) is 28.7 Å². The fourth-order valence-electron chi connectivity index (χ4n) is 3.51. The van der Waals surface area contributed by atoms with Gasteiger partial charge in [-0.1, -0.05) is 34.5 Å². The minimum absolute atomic E-state index is 0.641. The predicted molar refractivity (Wildman–Crippen MR) is 92.7 cm³/mol. The molecule has 0 spiro atoms. The molecule has 1 saturated heterocycles. The molecule has 2 fully saturated rings. The van der Waals surface area contributed by atoms with Crippen LogP contribution in [0.3, 0.4) is 0 Å². The average Bonchev–Trinajstić information content (AvgIpc) is 3.33. The molecule has 2 aliphatic rings. The van der Waals surface area contributed by atoms with Crippen molar-refractivity contribution in [2.24, 2.45) is 0 Å². The highest BCUT2D eigenvalue weighted by atomic mass is 79.9. The molecule has 1 aromatic carbocycles. The Morgan fingerprint density at radius 2 is 1.95 bits per heavy atom. The zero-order chi connectivity index (χ0) is 14.7. The summed E-state index contributed by atoms with van der Waals surface area (Å²) in [5.74, 6) is 0. The number of piperidine rings is 1. The maximum atomic E-state index is 3.71. The van der Waals surface area contributed by atoms with E-state index < -0.39 is 0 Å². The van der Waals surface area contributed by atoms with Gasteiger partial charge in [-0.25, -0.2) is 0 Å². The molecule has 0 aromatic heterocycles. The van der Waals surface area contributed by atoms with E-state index in [9.17, 15) is 0 Å². The minimum Gasteiger partial charge on any atom is -0.313 e. The van der Waals surface area contributed by atoms with Crippen LogP contribution in [0.1, 0.15) is 44.6 Å². The van der Waals surface area contributed by atoms with Gasteiger partial charge in [-0.2, -0.15) is 0 Å². The van der Waals surface area contributed by atoms with Crippen LogP contribution in [0.2, 0.25) is 0 Å². The second-order valence-corrected chi connectivity index (χ2v) is 7.67. The van der Waals surface area contributed by atoms with Crippen LogP contribution in [-0.4, -0.2) is 36.1 Å². The monoisotopic (exact) mass is 350 g/mol. The van der Waals surface area contributed by atoms with E-state index in [0.717, 1.165) is 12.5 Å². The van der Waals surface area contributed by atoms with Gasteiger partial charge >= 0.3 is 0 Å². The number of benzene rings is 1.